The summed E-state index contributed by atoms with van der Waals surface area (Å²) in [7, 11) is 0. The first-order chi connectivity index (χ1) is 13.3. The molecular weight excluding hydrogens is 338 g/mol. The number of hydrogen-bond donors (Lipinski definition) is 3. The van der Waals surface area contributed by atoms with Crippen LogP contribution in [0.5, 0.6) is 0 Å². The van der Waals surface area contributed by atoms with Crippen molar-refractivity contribution in [2.24, 2.45) is 0 Å². The molecule has 27 heavy (non-hydrogen) atoms. The number of nitrogens with two attached hydrogens (primary N) is 1. The lowest BCUT2D eigenvalue weighted by atomic mass is 9.88. The third-order valence-corrected chi connectivity index (χ3v) is 5.64. The molecule has 2 aliphatic rings. The number of H-pyrrole nitrogens is 1. The molecule has 6 heteroatoms. The van der Waals surface area contributed by atoms with E-state index in [1.54, 1.807) is 6.20 Å². The maximum Gasteiger partial charge on any atom is 0.131 e. The zero-order valence-electron chi connectivity index (χ0n) is 15.2. The third-order valence-electron chi connectivity index (χ3n) is 5.64. The Morgan fingerprint density at radius 3 is 2.89 bits per heavy atom. The van der Waals surface area contributed by atoms with Gasteiger partial charge in [0.1, 0.15) is 5.82 Å². The Kier molecular flexibility index (Phi) is 4.14. The number of pyridine rings is 1. The Bertz CT molecular complexity index is 961. The van der Waals surface area contributed by atoms with Crippen LogP contribution >= 0.6 is 0 Å². The zero-order chi connectivity index (χ0) is 18.2. The molecule has 138 valence electrons. The van der Waals surface area contributed by atoms with Gasteiger partial charge in [0.2, 0.25) is 0 Å². The summed E-state index contributed by atoms with van der Waals surface area (Å²) >= 11 is 0. The minimum atomic E-state index is 0.412. The van der Waals surface area contributed by atoms with Crippen molar-refractivity contribution in [2.45, 2.75) is 31.9 Å². The Balaban J connectivity index is 1.63. The number of aromatic nitrogens is 3. The van der Waals surface area contributed by atoms with Crippen molar-refractivity contribution < 1.29 is 4.74 Å². The Morgan fingerprint density at radius 2 is 2.07 bits per heavy atom. The van der Waals surface area contributed by atoms with Gasteiger partial charge in [0.05, 0.1) is 19.4 Å². The Labute approximate surface area is 158 Å². The van der Waals surface area contributed by atoms with Crippen LogP contribution in [0.4, 0.5) is 5.82 Å². The summed E-state index contributed by atoms with van der Waals surface area (Å²) in [6, 6.07) is 7.13. The van der Waals surface area contributed by atoms with E-state index in [-0.39, 0.29) is 0 Å². The smallest absolute Gasteiger partial charge is 0.131 e. The lowest BCUT2D eigenvalue weighted by molar-refractivity contribution is 0.109. The number of fused-ring (bicyclic) bond motifs is 1. The molecule has 6 nitrogen and oxygen atoms in total. The van der Waals surface area contributed by atoms with Crippen LogP contribution in [-0.2, 0) is 17.8 Å². The molecule has 0 spiro atoms. The summed E-state index contributed by atoms with van der Waals surface area (Å²) in [5.41, 5.74) is 14.4. The average Bonchev–Trinajstić information content (AvgIpc) is 3.41. The molecule has 1 unspecified atom stereocenters. The van der Waals surface area contributed by atoms with E-state index in [1.807, 2.05) is 12.4 Å². The predicted octanol–water partition coefficient (Wildman–Crippen LogP) is 3.22. The largest absolute Gasteiger partial charge is 0.383 e. The van der Waals surface area contributed by atoms with E-state index in [0.717, 1.165) is 36.3 Å². The van der Waals surface area contributed by atoms with E-state index in [1.165, 1.54) is 35.1 Å². The molecule has 1 saturated heterocycles. The second-order valence-corrected chi connectivity index (χ2v) is 7.30. The first-order valence-electron chi connectivity index (χ1n) is 9.51. The van der Waals surface area contributed by atoms with Gasteiger partial charge in [0.25, 0.3) is 0 Å². The fraction of sp³-hybridized carbons (Fsp3) is 0.333. The van der Waals surface area contributed by atoms with Crippen molar-refractivity contribution >= 4 is 5.82 Å². The van der Waals surface area contributed by atoms with E-state index in [2.05, 4.69) is 38.7 Å². The topological polar surface area (TPSA) is 88.8 Å². The molecule has 5 rings (SSSR count). The zero-order valence-corrected chi connectivity index (χ0v) is 15.2. The number of rotatable bonds is 3. The van der Waals surface area contributed by atoms with Crippen LogP contribution in [0.2, 0.25) is 0 Å². The van der Waals surface area contributed by atoms with Gasteiger partial charge in [0, 0.05) is 35.1 Å². The highest BCUT2D eigenvalue weighted by molar-refractivity contribution is 5.79. The number of nitrogen functional groups attached to an aromatic ring is 1. The van der Waals surface area contributed by atoms with Crippen LogP contribution in [0.3, 0.4) is 0 Å². The monoisotopic (exact) mass is 361 g/mol. The van der Waals surface area contributed by atoms with Crippen molar-refractivity contribution in [3.63, 3.8) is 0 Å². The summed E-state index contributed by atoms with van der Waals surface area (Å²) < 4.78 is 5.76. The number of ether oxygens (including phenoxy) is 1. The number of aromatic amines is 1. The van der Waals surface area contributed by atoms with Gasteiger partial charge in [-0.25, -0.2) is 4.98 Å². The van der Waals surface area contributed by atoms with Gasteiger partial charge in [-0.3, -0.25) is 5.10 Å². The summed E-state index contributed by atoms with van der Waals surface area (Å²) in [5, 5.41) is 10.5. The van der Waals surface area contributed by atoms with Crippen LogP contribution < -0.4 is 11.1 Å². The molecule has 0 aliphatic carbocycles. The van der Waals surface area contributed by atoms with Crippen molar-refractivity contribution in [2.75, 3.05) is 18.9 Å². The summed E-state index contributed by atoms with van der Waals surface area (Å²) in [6.07, 6.45) is 8.84. The second-order valence-electron chi connectivity index (χ2n) is 7.30. The molecule has 1 aromatic carbocycles. The van der Waals surface area contributed by atoms with Gasteiger partial charge >= 0.3 is 0 Å². The van der Waals surface area contributed by atoms with Gasteiger partial charge < -0.3 is 15.8 Å². The number of benzene rings is 1. The first kappa shape index (κ1) is 16.5. The molecule has 4 heterocycles. The van der Waals surface area contributed by atoms with Gasteiger partial charge in [-0.05, 0) is 60.2 Å². The van der Waals surface area contributed by atoms with E-state index in [0.29, 0.717) is 18.5 Å². The molecule has 0 saturated carbocycles. The Hall–Kier alpha value is -2.70. The van der Waals surface area contributed by atoms with E-state index < -0.39 is 0 Å². The SMILES string of the molecule is Nc1ncc(-c2cc3c(c(C4CCCN4)c2)COCC3)cc1-c1cn[nH]c1. The lowest BCUT2D eigenvalue weighted by Gasteiger charge is -2.24. The molecule has 0 radical (unpaired) electrons. The highest BCUT2D eigenvalue weighted by Crippen LogP contribution is 2.36. The maximum absolute atomic E-state index is 6.12. The average molecular weight is 361 g/mol. The van der Waals surface area contributed by atoms with Gasteiger partial charge in [-0.1, -0.05) is 6.07 Å². The van der Waals surface area contributed by atoms with Crippen molar-refractivity contribution in [3.8, 4) is 22.3 Å². The van der Waals surface area contributed by atoms with Crippen LogP contribution in [0, 0.1) is 0 Å². The summed E-state index contributed by atoms with van der Waals surface area (Å²) in [4.78, 5) is 4.45. The van der Waals surface area contributed by atoms with Crippen LogP contribution in [0.1, 0.15) is 35.6 Å². The van der Waals surface area contributed by atoms with Crippen LogP contribution in [0.15, 0.2) is 36.8 Å². The predicted molar refractivity (Wildman–Crippen MR) is 105 cm³/mol. The van der Waals surface area contributed by atoms with Crippen LogP contribution in [-0.4, -0.2) is 28.3 Å². The summed E-state index contributed by atoms with van der Waals surface area (Å²) in [5.74, 6) is 0.518. The molecular formula is C21H23N5O. The lowest BCUT2D eigenvalue weighted by Crippen LogP contribution is -2.19. The third kappa shape index (κ3) is 3.01. The molecule has 3 aromatic rings. The molecule has 0 amide bonds. The van der Waals surface area contributed by atoms with Crippen molar-refractivity contribution in [3.05, 3.63) is 53.5 Å². The second kappa shape index (κ2) is 6.79. The quantitative estimate of drug-likeness (QED) is 0.666. The molecule has 4 N–H and O–H groups in total. The van der Waals surface area contributed by atoms with E-state index in [4.69, 9.17) is 10.5 Å². The molecule has 2 aromatic heterocycles. The van der Waals surface area contributed by atoms with E-state index in [9.17, 15) is 0 Å². The van der Waals surface area contributed by atoms with Crippen molar-refractivity contribution in [1.82, 2.24) is 20.5 Å². The number of anilines is 1. The maximum atomic E-state index is 6.12. The van der Waals surface area contributed by atoms with E-state index >= 15 is 0 Å². The fourth-order valence-corrected chi connectivity index (χ4v) is 4.20. The van der Waals surface area contributed by atoms with Crippen molar-refractivity contribution in [1.29, 1.82) is 0 Å². The fourth-order valence-electron chi connectivity index (χ4n) is 4.20. The first-order valence-corrected chi connectivity index (χ1v) is 9.51. The molecule has 1 atom stereocenters. The minimum Gasteiger partial charge on any atom is -0.383 e. The molecule has 2 aliphatic heterocycles. The highest BCUT2D eigenvalue weighted by atomic mass is 16.5. The van der Waals surface area contributed by atoms with Gasteiger partial charge in [0.15, 0.2) is 0 Å². The number of hydrogen-bond acceptors (Lipinski definition) is 5. The molecule has 0 bridgehead atoms. The van der Waals surface area contributed by atoms with Gasteiger partial charge in [-0.2, -0.15) is 5.10 Å². The van der Waals surface area contributed by atoms with Crippen LogP contribution in [0.25, 0.3) is 22.3 Å². The summed E-state index contributed by atoms with van der Waals surface area (Å²) in [6.45, 7) is 2.58. The standard InChI is InChI=1S/C21H23N5O/c22-21-17(16-10-25-26-11-16)8-15(9-24-21)14-6-13-3-5-27-12-19(13)18(7-14)20-2-1-4-23-20/h6-11,20,23H,1-5,12H2,(H2,22,24)(H,25,26). The van der Waals surface area contributed by atoms with Gasteiger partial charge in [-0.15, -0.1) is 0 Å². The minimum absolute atomic E-state index is 0.412. The Morgan fingerprint density at radius 1 is 1.11 bits per heavy atom. The normalized spacial score (nSPS) is 19.2. The highest BCUT2D eigenvalue weighted by Gasteiger charge is 2.24. The number of nitrogens with one attached hydrogen (secondary N) is 2. The number of nitrogens with zero attached hydrogens (tertiary/aromatic N) is 2. The molecule has 1 fully saturated rings.